The zero-order valence-electron chi connectivity index (χ0n) is 11.0. The molecule has 1 nitrogen and oxygen atoms in total. The minimum absolute atomic E-state index is 0.240. The molecule has 0 aromatic heterocycles. The highest BCUT2D eigenvalue weighted by molar-refractivity contribution is 9.10. The van der Waals surface area contributed by atoms with Crippen molar-refractivity contribution in [3.05, 3.63) is 68.9 Å². The fourth-order valence-corrected chi connectivity index (χ4v) is 2.74. The lowest BCUT2D eigenvalue weighted by Gasteiger charge is -2.15. The standard InChI is InChI=1S/C16H16BrClFN/c17-15-9-12(3-6-16(15)19)8-13(10-20)7-11-1-4-14(18)5-2-11/h1-6,9,13H,7-8,10,20H2. The molecule has 1 unspecified atom stereocenters. The van der Waals surface area contributed by atoms with Crippen molar-refractivity contribution in [3.63, 3.8) is 0 Å². The van der Waals surface area contributed by atoms with Gasteiger partial charge in [-0.15, -0.1) is 0 Å². The SMILES string of the molecule is NCC(Cc1ccc(Cl)cc1)Cc1ccc(F)c(Br)c1. The summed E-state index contributed by atoms with van der Waals surface area (Å²) in [6.07, 6.45) is 1.72. The number of nitrogens with two attached hydrogens (primary N) is 1. The monoisotopic (exact) mass is 355 g/mol. The number of hydrogen-bond acceptors (Lipinski definition) is 1. The Bertz CT molecular complexity index is 571. The molecule has 2 aromatic rings. The van der Waals surface area contributed by atoms with Gasteiger partial charge in [-0.3, -0.25) is 0 Å². The molecule has 0 heterocycles. The van der Waals surface area contributed by atoms with Crippen molar-refractivity contribution >= 4 is 27.5 Å². The lowest BCUT2D eigenvalue weighted by atomic mass is 9.93. The molecule has 0 amide bonds. The van der Waals surface area contributed by atoms with Crippen molar-refractivity contribution in [2.75, 3.05) is 6.54 Å². The van der Waals surface area contributed by atoms with Gasteiger partial charge in [0.1, 0.15) is 5.82 Å². The van der Waals surface area contributed by atoms with Gasteiger partial charge >= 0.3 is 0 Å². The van der Waals surface area contributed by atoms with Crippen molar-refractivity contribution in [3.8, 4) is 0 Å². The van der Waals surface area contributed by atoms with Gasteiger partial charge in [-0.2, -0.15) is 0 Å². The van der Waals surface area contributed by atoms with E-state index in [2.05, 4.69) is 15.9 Å². The van der Waals surface area contributed by atoms with Crippen molar-refractivity contribution in [1.82, 2.24) is 0 Å². The van der Waals surface area contributed by atoms with Crippen LogP contribution in [0.3, 0.4) is 0 Å². The van der Waals surface area contributed by atoms with Crippen LogP contribution in [0.25, 0.3) is 0 Å². The predicted octanol–water partition coefficient (Wildman–Crippen LogP) is 4.60. The molecule has 1 atom stereocenters. The third-order valence-corrected chi connectivity index (χ3v) is 4.14. The van der Waals surface area contributed by atoms with E-state index in [1.165, 1.54) is 11.6 Å². The molecular weight excluding hydrogens is 341 g/mol. The smallest absolute Gasteiger partial charge is 0.137 e. The summed E-state index contributed by atoms with van der Waals surface area (Å²) in [4.78, 5) is 0. The molecule has 0 bridgehead atoms. The molecular formula is C16H16BrClFN. The van der Waals surface area contributed by atoms with Gasteiger partial charge < -0.3 is 5.73 Å². The predicted molar refractivity (Wildman–Crippen MR) is 85.5 cm³/mol. The van der Waals surface area contributed by atoms with Gasteiger partial charge in [0.05, 0.1) is 4.47 Å². The first-order valence-electron chi connectivity index (χ1n) is 6.47. The van der Waals surface area contributed by atoms with Gasteiger partial charge in [0.15, 0.2) is 0 Å². The molecule has 0 aliphatic heterocycles. The van der Waals surface area contributed by atoms with E-state index in [9.17, 15) is 4.39 Å². The molecule has 2 rings (SSSR count). The first-order valence-corrected chi connectivity index (χ1v) is 7.64. The molecule has 106 valence electrons. The highest BCUT2D eigenvalue weighted by Gasteiger charge is 2.10. The zero-order chi connectivity index (χ0) is 14.5. The summed E-state index contributed by atoms with van der Waals surface area (Å²) >= 11 is 9.09. The minimum atomic E-state index is -0.240. The summed E-state index contributed by atoms with van der Waals surface area (Å²) in [5, 5.41) is 0.737. The zero-order valence-corrected chi connectivity index (χ0v) is 13.3. The Hall–Kier alpha value is -0.900. The summed E-state index contributed by atoms with van der Waals surface area (Å²) < 4.78 is 13.7. The molecule has 0 fully saturated rings. The van der Waals surface area contributed by atoms with E-state index in [-0.39, 0.29) is 5.82 Å². The molecule has 2 aromatic carbocycles. The van der Waals surface area contributed by atoms with E-state index in [1.807, 2.05) is 36.4 Å². The summed E-state index contributed by atoms with van der Waals surface area (Å²) in [6.45, 7) is 0.595. The van der Waals surface area contributed by atoms with Crippen LogP contribution in [0.1, 0.15) is 11.1 Å². The average molecular weight is 357 g/mol. The van der Waals surface area contributed by atoms with Crippen molar-refractivity contribution in [2.24, 2.45) is 11.7 Å². The summed E-state index contributed by atoms with van der Waals surface area (Å²) in [5.41, 5.74) is 8.15. The quantitative estimate of drug-likeness (QED) is 0.832. The Morgan fingerprint density at radius 1 is 1.05 bits per heavy atom. The van der Waals surface area contributed by atoms with E-state index in [4.69, 9.17) is 17.3 Å². The van der Waals surface area contributed by atoms with Gasteiger partial charge in [-0.25, -0.2) is 4.39 Å². The van der Waals surface area contributed by atoms with Crippen molar-refractivity contribution in [1.29, 1.82) is 0 Å². The molecule has 0 saturated heterocycles. The highest BCUT2D eigenvalue weighted by Crippen LogP contribution is 2.21. The Kier molecular flexibility index (Phi) is 5.58. The van der Waals surface area contributed by atoms with Crippen LogP contribution in [0.5, 0.6) is 0 Å². The first kappa shape index (κ1) is 15.5. The van der Waals surface area contributed by atoms with Crippen LogP contribution < -0.4 is 5.73 Å². The van der Waals surface area contributed by atoms with Crippen LogP contribution in [0.15, 0.2) is 46.9 Å². The van der Waals surface area contributed by atoms with E-state index >= 15 is 0 Å². The average Bonchev–Trinajstić information content (AvgIpc) is 2.44. The van der Waals surface area contributed by atoms with Crippen LogP contribution in [0.2, 0.25) is 5.02 Å². The third kappa shape index (κ3) is 4.30. The van der Waals surface area contributed by atoms with Crippen LogP contribution >= 0.6 is 27.5 Å². The molecule has 0 aliphatic rings. The van der Waals surface area contributed by atoms with Crippen LogP contribution in [-0.2, 0) is 12.8 Å². The van der Waals surface area contributed by atoms with E-state index in [0.29, 0.717) is 16.9 Å². The van der Waals surface area contributed by atoms with Gasteiger partial charge in [-0.05, 0) is 76.6 Å². The van der Waals surface area contributed by atoms with Gasteiger partial charge in [-0.1, -0.05) is 29.8 Å². The van der Waals surface area contributed by atoms with Crippen LogP contribution in [0.4, 0.5) is 4.39 Å². The highest BCUT2D eigenvalue weighted by atomic mass is 79.9. The Morgan fingerprint density at radius 2 is 1.65 bits per heavy atom. The number of halogens is 3. The second-order valence-electron chi connectivity index (χ2n) is 4.88. The summed E-state index contributed by atoms with van der Waals surface area (Å²) in [7, 11) is 0. The number of rotatable bonds is 5. The lowest BCUT2D eigenvalue weighted by Crippen LogP contribution is -2.19. The Morgan fingerprint density at radius 3 is 2.25 bits per heavy atom. The number of hydrogen-bond donors (Lipinski definition) is 1. The summed E-state index contributed by atoms with van der Waals surface area (Å²) in [6, 6.07) is 12.9. The summed E-state index contributed by atoms with van der Waals surface area (Å²) in [5.74, 6) is 0.0873. The van der Waals surface area contributed by atoms with E-state index < -0.39 is 0 Å². The maximum atomic E-state index is 13.2. The van der Waals surface area contributed by atoms with Gasteiger partial charge in [0.2, 0.25) is 0 Å². The molecule has 0 spiro atoms. The van der Waals surface area contributed by atoms with Crippen LogP contribution in [0, 0.1) is 11.7 Å². The lowest BCUT2D eigenvalue weighted by molar-refractivity contribution is 0.532. The molecule has 0 aliphatic carbocycles. The maximum absolute atomic E-state index is 13.2. The Balaban J connectivity index is 2.04. The van der Waals surface area contributed by atoms with Crippen LogP contribution in [-0.4, -0.2) is 6.54 Å². The van der Waals surface area contributed by atoms with Gasteiger partial charge in [0, 0.05) is 5.02 Å². The first-order chi connectivity index (χ1) is 9.58. The van der Waals surface area contributed by atoms with Crippen molar-refractivity contribution < 1.29 is 4.39 Å². The molecule has 0 saturated carbocycles. The second kappa shape index (κ2) is 7.21. The second-order valence-corrected chi connectivity index (χ2v) is 6.18. The molecule has 2 N–H and O–H groups in total. The Labute approximate surface area is 132 Å². The van der Waals surface area contributed by atoms with Gasteiger partial charge in [0.25, 0.3) is 0 Å². The molecule has 0 radical (unpaired) electrons. The normalized spacial score (nSPS) is 12.4. The van der Waals surface area contributed by atoms with E-state index in [0.717, 1.165) is 23.4 Å². The van der Waals surface area contributed by atoms with Crippen molar-refractivity contribution in [2.45, 2.75) is 12.8 Å². The largest absolute Gasteiger partial charge is 0.330 e. The molecule has 20 heavy (non-hydrogen) atoms. The molecule has 4 heteroatoms. The number of benzene rings is 2. The fourth-order valence-electron chi connectivity index (χ4n) is 2.19. The topological polar surface area (TPSA) is 26.0 Å². The van der Waals surface area contributed by atoms with E-state index in [1.54, 1.807) is 0 Å². The fraction of sp³-hybridized carbons (Fsp3) is 0.250. The third-order valence-electron chi connectivity index (χ3n) is 3.28. The maximum Gasteiger partial charge on any atom is 0.137 e. The minimum Gasteiger partial charge on any atom is -0.330 e.